The Morgan fingerprint density at radius 1 is 0.250 bits per heavy atom. The highest BCUT2D eigenvalue weighted by Gasteiger charge is 2.25. The molecule has 0 radical (unpaired) electrons. The summed E-state index contributed by atoms with van der Waals surface area (Å²) in [4.78, 5) is 5.28. The minimum Gasteiger partial charge on any atom is -0.308 e. The number of hydrogen-bond acceptors (Lipinski definition) is 6. The minimum absolute atomic E-state index is 0.396. The van der Waals surface area contributed by atoms with Crippen LogP contribution in [0.4, 0.5) is 0 Å². The summed E-state index contributed by atoms with van der Waals surface area (Å²) in [7, 11) is 0. The molecule has 0 fully saturated rings. The molecule has 0 unspecified atom stereocenters. The van der Waals surface area contributed by atoms with Gasteiger partial charge in [-0.3, -0.25) is 0 Å². The van der Waals surface area contributed by atoms with E-state index in [1.807, 2.05) is 158 Å². The Morgan fingerprint density at radius 2 is 0.536 bits per heavy atom. The summed E-state index contributed by atoms with van der Waals surface area (Å²) in [6.45, 7) is 0. The van der Waals surface area contributed by atoms with Gasteiger partial charge in [-0.2, -0.15) is 26.3 Å². The third kappa shape index (κ3) is 8.39. The first-order chi connectivity index (χ1) is 41.4. The van der Waals surface area contributed by atoms with Gasteiger partial charge in [-0.15, -0.1) is 0 Å². The first-order valence-electron chi connectivity index (χ1n) is 27.3. The van der Waals surface area contributed by atoms with Gasteiger partial charge in [0.15, 0.2) is 0 Å². The highest BCUT2D eigenvalue weighted by Crippen LogP contribution is 2.45. The van der Waals surface area contributed by atoms with Crippen LogP contribution < -0.4 is 0 Å². The van der Waals surface area contributed by atoms with Crippen molar-refractivity contribution in [2.24, 2.45) is 0 Å². The fourth-order valence-corrected chi connectivity index (χ4v) is 12.0. The van der Waals surface area contributed by atoms with Crippen molar-refractivity contribution in [3.63, 3.8) is 0 Å². The average Bonchev–Trinajstić information content (AvgIpc) is 3.98. The van der Waals surface area contributed by atoms with Crippen LogP contribution in [0, 0.1) is 56.7 Å². The van der Waals surface area contributed by atoms with E-state index in [4.69, 9.17) is 4.98 Å². The monoisotopic (exact) mass is 1070 g/mol. The Bertz CT molecular complexity index is 4720. The van der Waals surface area contributed by atoms with Crippen molar-refractivity contribution < 1.29 is 0 Å². The predicted octanol–water partition coefficient (Wildman–Crippen LogP) is 18.3. The second-order valence-electron chi connectivity index (χ2n) is 20.6. The Morgan fingerprint density at radius 3 is 0.833 bits per heavy atom. The molecule has 0 saturated heterocycles. The van der Waals surface area contributed by atoms with E-state index < -0.39 is 0 Å². The molecule has 0 bridgehead atoms. The van der Waals surface area contributed by atoms with Gasteiger partial charge in [0.1, 0.15) is 11.6 Å². The number of pyridine rings is 1. The number of benzene rings is 11. The summed E-state index contributed by atoms with van der Waals surface area (Å²) in [6.07, 6.45) is 0. The third-order valence-electron chi connectivity index (χ3n) is 16.0. The van der Waals surface area contributed by atoms with E-state index in [1.165, 1.54) is 0 Å². The quantitative estimate of drug-likeness (QED) is 0.141. The summed E-state index contributed by atoms with van der Waals surface area (Å²) >= 11 is 0. The fraction of sp³-hybridized carbons (Fsp3) is 0. The average molecular weight is 1070 g/mol. The molecule has 14 aromatic rings. The minimum atomic E-state index is 0.396. The highest BCUT2D eigenvalue weighted by molar-refractivity contribution is 6.14. The Balaban J connectivity index is 1.12. The van der Waals surface area contributed by atoms with E-state index in [2.05, 4.69) is 137 Å². The molecule has 0 saturated carbocycles. The van der Waals surface area contributed by atoms with Crippen LogP contribution in [0.25, 0.3) is 133 Å². The van der Waals surface area contributed by atoms with Crippen LogP contribution >= 0.6 is 0 Å². The lowest BCUT2D eigenvalue weighted by Gasteiger charge is -2.19. The summed E-state index contributed by atoms with van der Waals surface area (Å²) in [5.41, 5.74) is 18.8. The molecule has 3 heterocycles. The molecule has 0 aliphatic carbocycles. The SMILES string of the molecule is N#Cc1ccccc1-c1ccc2c(c1)c1cc(-c3ccccc3C#N)ccc1n2-c1cc(-c2cc(-c3ccccc3)nc(-c3ccccc3)c2)cc(-n2c3ccc(-c4ccccc4C#N)cc3c3cc(-c4ccccc4C#N)ccc32)c1C#N. The number of aromatic nitrogens is 3. The third-order valence-corrected chi connectivity index (χ3v) is 16.0. The van der Waals surface area contributed by atoms with E-state index in [9.17, 15) is 26.3 Å². The molecule has 0 atom stereocenters. The van der Waals surface area contributed by atoms with Crippen molar-refractivity contribution in [1.82, 2.24) is 14.1 Å². The van der Waals surface area contributed by atoms with Crippen molar-refractivity contribution in [3.8, 4) is 120 Å². The van der Waals surface area contributed by atoms with Gasteiger partial charge < -0.3 is 9.13 Å². The molecular formula is C76H42N8. The smallest absolute Gasteiger partial charge is 0.104 e. The van der Waals surface area contributed by atoms with Crippen molar-refractivity contribution in [1.29, 1.82) is 26.3 Å². The standard InChI is InChI=1S/C76H42N8/c77-43-54-19-7-11-23-60(54)50-27-31-71-64(35-50)65-36-51(61-24-12-8-20-55(61)44-78)28-32-72(65)83(71)75-41-59(58-39-69(48-15-3-1-4-16-48)82-70(40-58)49-17-5-2-6-18-49)42-76(68(75)47-81)84-73-33-29-52(62-25-13-9-21-56(62)45-79)37-66(73)67-38-53(30-34-74(67)84)63-26-14-10-22-57(63)46-80/h1-42H. The van der Waals surface area contributed by atoms with Crippen LogP contribution in [-0.2, 0) is 0 Å². The molecule has 0 aliphatic rings. The first-order valence-corrected chi connectivity index (χ1v) is 27.3. The zero-order valence-corrected chi connectivity index (χ0v) is 44.8. The lowest BCUT2D eigenvalue weighted by molar-refractivity contribution is 1.12. The van der Waals surface area contributed by atoms with E-state index in [0.29, 0.717) is 39.2 Å². The maximum Gasteiger partial charge on any atom is 0.104 e. The molecule has 0 amide bonds. The van der Waals surface area contributed by atoms with E-state index in [-0.39, 0.29) is 0 Å². The van der Waals surface area contributed by atoms with Crippen LogP contribution in [0.3, 0.4) is 0 Å². The molecule has 8 heteroatoms. The van der Waals surface area contributed by atoms with E-state index >= 15 is 0 Å². The number of hydrogen-bond donors (Lipinski definition) is 0. The van der Waals surface area contributed by atoms with Crippen LogP contribution in [0.15, 0.2) is 255 Å². The van der Waals surface area contributed by atoms with Crippen LogP contribution in [0.1, 0.15) is 27.8 Å². The number of nitriles is 5. The maximum atomic E-state index is 12.1. The van der Waals surface area contributed by atoms with Crippen molar-refractivity contribution in [3.05, 3.63) is 283 Å². The van der Waals surface area contributed by atoms with Gasteiger partial charge in [-0.1, -0.05) is 158 Å². The van der Waals surface area contributed by atoms with E-state index in [1.54, 1.807) is 0 Å². The Kier molecular flexibility index (Phi) is 12.3. The molecular weight excluding hydrogens is 1020 g/mol. The number of fused-ring (bicyclic) bond motifs is 6. The van der Waals surface area contributed by atoms with Gasteiger partial charge in [0.2, 0.25) is 0 Å². The molecule has 84 heavy (non-hydrogen) atoms. The van der Waals surface area contributed by atoms with Crippen LogP contribution in [0.2, 0.25) is 0 Å². The number of rotatable bonds is 9. The van der Waals surface area contributed by atoms with Crippen LogP contribution in [-0.4, -0.2) is 14.1 Å². The first kappa shape index (κ1) is 49.9. The molecule has 3 aromatic heterocycles. The fourth-order valence-electron chi connectivity index (χ4n) is 12.0. The highest BCUT2D eigenvalue weighted by atomic mass is 15.0. The normalized spacial score (nSPS) is 11.0. The van der Waals surface area contributed by atoms with Crippen molar-refractivity contribution in [2.75, 3.05) is 0 Å². The van der Waals surface area contributed by atoms with E-state index in [0.717, 1.165) is 122 Å². The number of nitrogens with zero attached hydrogens (tertiary/aromatic N) is 8. The van der Waals surface area contributed by atoms with Gasteiger partial charge in [0, 0.05) is 32.7 Å². The van der Waals surface area contributed by atoms with Crippen LogP contribution in [0.5, 0.6) is 0 Å². The zero-order valence-electron chi connectivity index (χ0n) is 44.8. The molecule has 386 valence electrons. The molecule has 14 rings (SSSR count). The Labute approximate surface area is 484 Å². The maximum absolute atomic E-state index is 12.1. The largest absolute Gasteiger partial charge is 0.308 e. The second-order valence-corrected chi connectivity index (χ2v) is 20.6. The van der Waals surface area contributed by atoms with Crippen molar-refractivity contribution >= 4 is 43.6 Å². The lowest BCUT2D eigenvalue weighted by atomic mass is 9.96. The van der Waals surface area contributed by atoms with Gasteiger partial charge >= 0.3 is 0 Å². The molecule has 0 N–H and O–H groups in total. The topological polar surface area (TPSA) is 142 Å². The predicted molar refractivity (Wildman–Crippen MR) is 335 cm³/mol. The summed E-state index contributed by atoms with van der Waals surface area (Å²) < 4.78 is 4.35. The molecule has 8 nitrogen and oxygen atoms in total. The molecule has 0 aliphatic heterocycles. The van der Waals surface area contributed by atoms with Gasteiger partial charge in [-0.05, 0) is 153 Å². The molecule has 11 aromatic carbocycles. The van der Waals surface area contributed by atoms with Crippen molar-refractivity contribution in [2.45, 2.75) is 0 Å². The zero-order chi connectivity index (χ0) is 56.8. The molecule has 0 spiro atoms. The summed E-state index contributed by atoms with van der Waals surface area (Å²) in [6, 6.07) is 96.3. The summed E-state index contributed by atoms with van der Waals surface area (Å²) in [5, 5.41) is 57.0. The summed E-state index contributed by atoms with van der Waals surface area (Å²) in [5.74, 6) is 0. The Hall–Kier alpha value is -12.4. The second kappa shape index (κ2) is 20.7. The van der Waals surface area contributed by atoms with Gasteiger partial charge in [-0.25, -0.2) is 4.98 Å². The van der Waals surface area contributed by atoms with Gasteiger partial charge in [0.05, 0.1) is 91.4 Å². The van der Waals surface area contributed by atoms with Gasteiger partial charge in [0.25, 0.3) is 0 Å². The lowest BCUT2D eigenvalue weighted by Crippen LogP contribution is -2.05.